The van der Waals surface area contributed by atoms with Crippen molar-refractivity contribution in [1.29, 1.82) is 0 Å². The summed E-state index contributed by atoms with van der Waals surface area (Å²) in [6, 6.07) is 15.2. The third-order valence-electron chi connectivity index (χ3n) is 3.42. The zero-order chi connectivity index (χ0) is 18.5. The minimum absolute atomic E-state index is 0.00738. The van der Waals surface area contributed by atoms with E-state index in [-0.39, 0.29) is 10.6 Å². The van der Waals surface area contributed by atoms with Crippen LogP contribution in [0.4, 0.5) is 8.78 Å². The molecule has 0 spiro atoms. The van der Waals surface area contributed by atoms with Crippen LogP contribution in [0.5, 0.6) is 5.75 Å². The van der Waals surface area contributed by atoms with Gasteiger partial charge in [-0.15, -0.1) is 11.3 Å². The van der Waals surface area contributed by atoms with Gasteiger partial charge >= 0.3 is 6.61 Å². The Bertz CT molecular complexity index is 939. The molecule has 0 saturated carbocycles. The Labute approximate surface area is 152 Å². The van der Waals surface area contributed by atoms with Gasteiger partial charge in [-0.3, -0.25) is 0 Å². The molecular weight excluding hydrogens is 360 g/mol. The highest BCUT2D eigenvalue weighted by Gasteiger charge is 2.13. The molecule has 4 nitrogen and oxygen atoms in total. The highest BCUT2D eigenvalue weighted by molar-refractivity contribution is 7.14. The summed E-state index contributed by atoms with van der Waals surface area (Å²) in [7, 11) is 0. The molecule has 0 radical (unpaired) electrons. The molecule has 26 heavy (non-hydrogen) atoms. The van der Waals surface area contributed by atoms with Crippen molar-refractivity contribution in [1.82, 2.24) is 4.98 Å². The number of thiazole rings is 1. The van der Waals surface area contributed by atoms with Gasteiger partial charge in [-0.2, -0.15) is 8.78 Å². The Balaban J connectivity index is 1.94. The fourth-order valence-corrected chi connectivity index (χ4v) is 3.15. The zero-order valence-corrected chi connectivity index (χ0v) is 14.1. The molecule has 0 unspecified atom stereocenters. The number of aromatic nitrogens is 1. The van der Waals surface area contributed by atoms with Crippen LogP contribution in [0.15, 0.2) is 54.6 Å². The van der Waals surface area contributed by atoms with Crippen LogP contribution in [0, 0.1) is 0 Å². The zero-order valence-electron chi connectivity index (χ0n) is 13.3. The summed E-state index contributed by atoms with van der Waals surface area (Å²) in [5, 5.41) is 11.8. The number of hydrogen-bond donors (Lipinski definition) is 0. The molecule has 0 fully saturated rings. The largest absolute Gasteiger partial charge is 0.544 e. The summed E-state index contributed by atoms with van der Waals surface area (Å²) in [6.07, 6.45) is 3.10. The predicted molar refractivity (Wildman–Crippen MR) is 93.9 cm³/mol. The van der Waals surface area contributed by atoms with Gasteiger partial charge in [0.15, 0.2) is 0 Å². The average molecular weight is 372 g/mol. The Morgan fingerprint density at radius 1 is 1.08 bits per heavy atom. The molecule has 7 heteroatoms. The first-order chi connectivity index (χ1) is 12.5. The molecule has 0 N–H and O–H groups in total. The first-order valence-electron chi connectivity index (χ1n) is 7.54. The van der Waals surface area contributed by atoms with Crippen molar-refractivity contribution in [2.24, 2.45) is 0 Å². The Morgan fingerprint density at radius 3 is 2.46 bits per heavy atom. The number of carboxylic acids is 1. The molecular formula is C19H12F2NO3S-. The summed E-state index contributed by atoms with van der Waals surface area (Å²) in [6.45, 7) is -2.93. The van der Waals surface area contributed by atoms with Gasteiger partial charge in [0, 0.05) is 11.1 Å². The number of rotatable bonds is 6. The van der Waals surface area contributed by atoms with Crippen LogP contribution in [-0.4, -0.2) is 17.6 Å². The molecule has 0 bridgehead atoms. The summed E-state index contributed by atoms with van der Waals surface area (Å²) in [5.41, 5.74) is 1.40. The molecule has 0 aliphatic carbocycles. The first kappa shape index (κ1) is 17.8. The molecule has 0 aliphatic heterocycles. The second-order valence-corrected chi connectivity index (χ2v) is 6.16. The van der Waals surface area contributed by atoms with E-state index >= 15 is 0 Å². The molecule has 1 heterocycles. The Kier molecular flexibility index (Phi) is 5.38. The van der Waals surface area contributed by atoms with Gasteiger partial charge in [0.25, 0.3) is 0 Å². The maximum atomic E-state index is 12.5. The Hall–Kier alpha value is -3.06. The van der Waals surface area contributed by atoms with Crippen LogP contribution in [0.3, 0.4) is 0 Å². The quantitative estimate of drug-likeness (QED) is 0.657. The van der Waals surface area contributed by atoms with Crippen molar-refractivity contribution in [2.45, 2.75) is 6.61 Å². The average Bonchev–Trinajstić information content (AvgIpc) is 3.06. The van der Waals surface area contributed by atoms with Crippen molar-refractivity contribution in [3.05, 3.63) is 70.0 Å². The maximum Gasteiger partial charge on any atom is 0.387 e. The third-order valence-corrected chi connectivity index (χ3v) is 4.42. The number of alkyl halides is 2. The van der Waals surface area contributed by atoms with Gasteiger partial charge in [-0.25, -0.2) is 4.98 Å². The van der Waals surface area contributed by atoms with Crippen LogP contribution in [0.1, 0.15) is 20.2 Å². The molecule has 0 saturated heterocycles. The number of nitrogens with zero attached hydrogens (tertiary/aromatic N) is 1. The van der Waals surface area contributed by atoms with Crippen LogP contribution in [-0.2, 0) is 0 Å². The normalized spacial score (nSPS) is 11.2. The number of ether oxygens (including phenoxy) is 1. The minimum atomic E-state index is -2.93. The molecule has 0 atom stereocenters. The number of para-hydroxylation sites is 1. The first-order valence-corrected chi connectivity index (χ1v) is 8.36. The summed E-state index contributed by atoms with van der Waals surface area (Å²) < 4.78 is 29.4. The third kappa shape index (κ3) is 4.12. The molecule has 1 aromatic heterocycles. The van der Waals surface area contributed by atoms with E-state index in [9.17, 15) is 18.7 Å². The number of aromatic carboxylic acids is 1. The maximum absolute atomic E-state index is 12.5. The van der Waals surface area contributed by atoms with Gasteiger partial charge in [0.05, 0.1) is 16.5 Å². The topological polar surface area (TPSA) is 62.2 Å². The van der Waals surface area contributed by atoms with Crippen LogP contribution in [0.25, 0.3) is 23.4 Å². The molecule has 3 rings (SSSR count). The number of benzene rings is 2. The molecule has 3 aromatic rings. The van der Waals surface area contributed by atoms with Gasteiger partial charge in [-0.1, -0.05) is 48.5 Å². The number of carbonyl (C=O) groups excluding carboxylic acids is 1. The Morgan fingerprint density at radius 2 is 1.77 bits per heavy atom. The number of carboxylic acid groups (broad SMARTS) is 1. The van der Waals surface area contributed by atoms with Crippen molar-refractivity contribution < 1.29 is 23.4 Å². The van der Waals surface area contributed by atoms with E-state index in [2.05, 4.69) is 9.72 Å². The smallest absolute Gasteiger partial charge is 0.387 e. The van der Waals surface area contributed by atoms with Gasteiger partial charge in [0.2, 0.25) is 0 Å². The second kappa shape index (κ2) is 7.88. The summed E-state index contributed by atoms with van der Waals surface area (Å²) >= 11 is 0.953. The molecule has 2 aromatic carbocycles. The van der Waals surface area contributed by atoms with E-state index in [0.29, 0.717) is 21.8 Å². The standard InChI is InChI=1S/C19H13F2NO3S/c20-19(21)25-14-9-5-4-6-12(14)10-11-15-22-16(17(26-15)18(23)24)13-7-2-1-3-8-13/h1-11,19H,(H,23,24)/p-1/b11-10+. The van der Waals surface area contributed by atoms with Crippen molar-refractivity contribution >= 4 is 29.5 Å². The lowest BCUT2D eigenvalue weighted by molar-refractivity contribution is -0.254. The second-order valence-electron chi connectivity index (χ2n) is 5.13. The lowest BCUT2D eigenvalue weighted by Gasteiger charge is -2.06. The van der Waals surface area contributed by atoms with E-state index in [4.69, 9.17) is 0 Å². The van der Waals surface area contributed by atoms with Crippen LogP contribution in [0.2, 0.25) is 0 Å². The molecule has 132 valence electrons. The van der Waals surface area contributed by atoms with E-state index in [1.165, 1.54) is 6.07 Å². The monoisotopic (exact) mass is 372 g/mol. The van der Waals surface area contributed by atoms with Crippen molar-refractivity contribution in [2.75, 3.05) is 0 Å². The number of hydrogen-bond acceptors (Lipinski definition) is 5. The molecule has 0 aliphatic rings. The van der Waals surface area contributed by atoms with E-state index in [0.717, 1.165) is 11.3 Å². The number of halogens is 2. The van der Waals surface area contributed by atoms with Crippen LogP contribution >= 0.6 is 11.3 Å². The van der Waals surface area contributed by atoms with Gasteiger partial charge in [-0.05, 0) is 18.2 Å². The van der Waals surface area contributed by atoms with E-state index in [1.807, 2.05) is 6.07 Å². The van der Waals surface area contributed by atoms with Gasteiger partial charge < -0.3 is 14.6 Å². The summed E-state index contributed by atoms with van der Waals surface area (Å²) in [5.74, 6) is -1.29. The predicted octanol–water partition coefficient (Wildman–Crippen LogP) is 3.95. The van der Waals surface area contributed by atoms with E-state index in [1.54, 1.807) is 54.6 Å². The SMILES string of the molecule is O=C([O-])c1sc(/C=C/c2ccccc2OC(F)F)nc1-c1ccccc1. The molecule has 0 amide bonds. The minimum Gasteiger partial charge on any atom is -0.544 e. The number of carbonyl (C=O) groups is 1. The summed E-state index contributed by atoms with van der Waals surface area (Å²) in [4.78, 5) is 15.7. The fourth-order valence-electron chi connectivity index (χ4n) is 2.32. The van der Waals surface area contributed by atoms with Crippen molar-refractivity contribution in [3.63, 3.8) is 0 Å². The van der Waals surface area contributed by atoms with Crippen molar-refractivity contribution in [3.8, 4) is 17.0 Å². The van der Waals surface area contributed by atoms with Gasteiger partial charge in [0.1, 0.15) is 10.8 Å². The van der Waals surface area contributed by atoms with E-state index < -0.39 is 12.6 Å². The fraction of sp³-hybridized carbons (Fsp3) is 0.0526. The highest BCUT2D eigenvalue weighted by atomic mass is 32.1. The van der Waals surface area contributed by atoms with Crippen LogP contribution < -0.4 is 9.84 Å². The lowest BCUT2D eigenvalue weighted by Crippen LogP contribution is -2.21. The highest BCUT2D eigenvalue weighted by Crippen LogP contribution is 2.29. The lowest BCUT2D eigenvalue weighted by atomic mass is 10.1.